The molecule has 8 heavy (non-hydrogen) atoms. The molecule has 0 rings (SSSR count). The maximum atomic E-state index is 9.24. The van der Waals surface area contributed by atoms with Gasteiger partial charge in [-0.2, -0.15) is 0 Å². The Bertz CT molecular complexity index is 86.6. The summed E-state index contributed by atoms with van der Waals surface area (Å²) in [6.07, 6.45) is 0. The molecule has 0 aromatic rings. The second kappa shape index (κ2) is 5.83. The summed E-state index contributed by atoms with van der Waals surface area (Å²) in [5.74, 6) is 0. The van der Waals surface area contributed by atoms with Crippen LogP contribution in [0.25, 0.3) is 0 Å². The molecule has 0 heterocycles. The Hall–Kier alpha value is 0.703. The van der Waals surface area contributed by atoms with Crippen molar-refractivity contribution in [2.75, 3.05) is 0 Å². The largest absolute Gasteiger partial charge is 0.563 e. The van der Waals surface area contributed by atoms with Crippen LogP contribution in [0.4, 0.5) is 0 Å². The SMILES string of the molecule is O=[P+]([O-])O[P+](=O)[O-].[Zn]. The molecule has 2 unspecified atom stereocenters. The Balaban J connectivity index is 0. The zero-order valence-electron chi connectivity index (χ0n) is 3.64. The zero-order valence-corrected chi connectivity index (χ0v) is 8.40. The fraction of sp³-hybridized carbons (Fsp3) is 0. The molecule has 2 atom stereocenters. The number of hydrogen-bond donors (Lipinski definition) is 0. The third kappa shape index (κ3) is 9.86. The Labute approximate surface area is 59.7 Å². The predicted molar refractivity (Wildman–Crippen MR) is 16.3 cm³/mol. The first-order valence-corrected chi connectivity index (χ1v) is 3.29. The Morgan fingerprint density at radius 1 is 1.12 bits per heavy atom. The van der Waals surface area contributed by atoms with Gasteiger partial charge in [0.15, 0.2) is 0 Å². The van der Waals surface area contributed by atoms with Gasteiger partial charge in [0.2, 0.25) is 0 Å². The Morgan fingerprint density at radius 2 is 1.38 bits per heavy atom. The van der Waals surface area contributed by atoms with Crippen LogP contribution in [0, 0.1) is 0 Å². The van der Waals surface area contributed by atoms with E-state index in [2.05, 4.69) is 4.31 Å². The molecule has 0 aromatic heterocycles. The van der Waals surface area contributed by atoms with Crippen molar-refractivity contribution in [2.24, 2.45) is 0 Å². The first kappa shape index (κ1) is 11.5. The minimum absolute atomic E-state index is 0. The van der Waals surface area contributed by atoms with Crippen molar-refractivity contribution >= 4 is 16.5 Å². The minimum atomic E-state index is -3.24. The molecule has 0 N–H and O–H groups in total. The van der Waals surface area contributed by atoms with Crippen molar-refractivity contribution in [3.63, 3.8) is 0 Å². The van der Waals surface area contributed by atoms with Crippen LogP contribution < -0.4 is 9.79 Å². The van der Waals surface area contributed by atoms with Crippen LogP contribution in [0.15, 0.2) is 0 Å². The molecule has 0 aromatic carbocycles. The summed E-state index contributed by atoms with van der Waals surface area (Å²) in [6.45, 7) is 0. The normalized spacial score (nSPS) is 11.8. The van der Waals surface area contributed by atoms with Gasteiger partial charge in [-0.3, -0.25) is 0 Å². The average molecular weight is 207 g/mol. The van der Waals surface area contributed by atoms with Crippen molar-refractivity contribution in [1.82, 2.24) is 0 Å². The molecule has 0 bridgehead atoms. The summed E-state index contributed by atoms with van der Waals surface area (Å²) >= 11 is 0. The maximum Gasteiger partial charge on any atom is 0.543 e. The van der Waals surface area contributed by atoms with E-state index >= 15 is 0 Å². The van der Waals surface area contributed by atoms with Crippen molar-refractivity contribution in [3.05, 3.63) is 0 Å². The van der Waals surface area contributed by atoms with Crippen molar-refractivity contribution in [1.29, 1.82) is 0 Å². The fourth-order valence-electron chi connectivity index (χ4n) is 0.0544. The van der Waals surface area contributed by atoms with Crippen molar-refractivity contribution < 1.29 is 42.7 Å². The molecule has 0 fully saturated rings. The first-order chi connectivity index (χ1) is 3.13. The fourth-order valence-corrected chi connectivity index (χ4v) is 0.490. The standard InChI is InChI=1S/O5P2.Zn/c1-6(2)5-7(3)4;. The van der Waals surface area contributed by atoms with E-state index in [9.17, 15) is 18.9 Å². The zero-order chi connectivity index (χ0) is 5.86. The molecule has 5 nitrogen and oxygen atoms in total. The molecule has 0 radical (unpaired) electrons. The van der Waals surface area contributed by atoms with Gasteiger partial charge in [-0.25, -0.2) is 0 Å². The van der Waals surface area contributed by atoms with Crippen LogP contribution in [0.2, 0.25) is 0 Å². The molecule has 42 valence electrons. The number of hydrogen-bond acceptors (Lipinski definition) is 5. The molecule has 8 heteroatoms. The molecule has 0 aliphatic heterocycles. The van der Waals surface area contributed by atoms with E-state index in [1.54, 1.807) is 0 Å². The molecule has 0 spiro atoms. The van der Waals surface area contributed by atoms with Gasteiger partial charge in [0.1, 0.15) is 4.31 Å². The maximum absolute atomic E-state index is 9.24. The van der Waals surface area contributed by atoms with E-state index in [-0.39, 0.29) is 19.5 Å². The first-order valence-electron chi connectivity index (χ1n) is 1.10. The van der Waals surface area contributed by atoms with Crippen LogP contribution in [-0.2, 0) is 32.9 Å². The van der Waals surface area contributed by atoms with Gasteiger partial charge in [-0.05, 0) is 9.13 Å². The molecular formula is O5P2Zn. The van der Waals surface area contributed by atoms with Crippen LogP contribution in [0.1, 0.15) is 0 Å². The summed E-state index contributed by atoms with van der Waals surface area (Å²) in [7, 11) is -6.47. The molecule has 0 aliphatic rings. The van der Waals surface area contributed by atoms with Crippen LogP contribution in [0.3, 0.4) is 0 Å². The van der Waals surface area contributed by atoms with Crippen LogP contribution in [0.5, 0.6) is 0 Å². The second-order valence-corrected chi connectivity index (χ2v) is 2.08. The summed E-state index contributed by atoms with van der Waals surface area (Å²) in [5.41, 5.74) is 0. The summed E-state index contributed by atoms with van der Waals surface area (Å²) in [6, 6.07) is 0. The van der Waals surface area contributed by atoms with Gasteiger partial charge >= 0.3 is 16.5 Å². The topological polar surface area (TPSA) is 89.5 Å². The van der Waals surface area contributed by atoms with E-state index in [0.717, 1.165) is 0 Å². The molecule has 0 amide bonds. The van der Waals surface area contributed by atoms with E-state index < -0.39 is 16.5 Å². The van der Waals surface area contributed by atoms with Crippen LogP contribution in [-0.4, -0.2) is 0 Å². The molecule has 0 saturated heterocycles. The van der Waals surface area contributed by atoms with E-state index in [0.29, 0.717) is 0 Å². The molecular weight excluding hydrogens is 207 g/mol. The smallest absolute Gasteiger partial charge is 0.543 e. The van der Waals surface area contributed by atoms with E-state index in [1.165, 1.54) is 0 Å². The molecule has 0 saturated carbocycles. The summed E-state index contributed by atoms with van der Waals surface area (Å²) < 4.78 is 21.6. The van der Waals surface area contributed by atoms with Gasteiger partial charge in [-0.15, -0.1) is 0 Å². The third-order valence-corrected chi connectivity index (χ3v) is 1.20. The van der Waals surface area contributed by atoms with Gasteiger partial charge in [-0.1, -0.05) is 0 Å². The Morgan fingerprint density at radius 3 is 1.38 bits per heavy atom. The predicted octanol–water partition coefficient (Wildman–Crippen LogP) is -0.964. The van der Waals surface area contributed by atoms with Gasteiger partial charge < -0.3 is 9.79 Å². The van der Waals surface area contributed by atoms with Gasteiger partial charge in [0.05, 0.1) is 0 Å². The van der Waals surface area contributed by atoms with Crippen LogP contribution >= 0.6 is 16.5 Å². The number of rotatable bonds is 2. The summed E-state index contributed by atoms with van der Waals surface area (Å²) in [5, 5.41) is 0. The van der Waals surface area contributed by atoms with Crippen molar-refractivity contribution in [3.8, 4) is 0 Å². The quantitative estimate of drug-likeness (QED) is 0.429. The van der Waals surface area contributed by atoms with Crippen molar-refractivity contribution in [2.45, 2.75) is 0 Å². The van der Waals surface area contributed by atoms with E-state index in [1.807, 2.05) is 0 Å². The average Bonchev–Trinajstić information content (AvgIpc) is 1.27. The third-order valence-electron chi connectivity index (χ3n) is 0.133. The molecule has 0 aliphatic carbocycles. The monoisotopic (exact) mass is 206 g/mol. The second-order valence-electron chi connectivity index (χ2n) is 0.529. The van der Waals surface area contributed by atoms with Gasteiger partial charge in [0, 0.05) is 19.5 Å². The minimum Gasteiger partial charge on any atom is -0.563 e. The van der Waals surface area contributed by atoms with E-state index in [4.69, 9.17) is 0 Å². The summed E-state index contributed by atoms with van der Waals surface area (Å²) in [4.78, 5) is 18.5. The Kier molecular flexibility index (Phi) is 8.38. The van der Waals surface area contributed by atoms with Gasteiger partial charge in [0.25, 0.3) is 0 Å².